The van der Waals surface area contributed by atoms with Gasteiger partial charge in [0.2, 0.25) is 0 Å². The minimum absolute atomic E-state index is 0.110. The van der Waals surface area contributed by atoms with Gasteiger partial charge in [-0.05, 0) is 49.2 Å². The predicted octanol–water partition coefficient (Wildman–Crippen LogP) is 4.55. The van der Waals surface area contributed by atoms with Crippen LogP contribution in [0, 0.1) is 13.8 Å². The summed E-state index contributed by atoms with van der Waals surface area (Å²) >= 11 is 5.79. The molecule has 2 N–H and O–H groups in total. The monoisotopic (exact) mass is 370 g/mol. The highest BCUT2D eigenvalue weighted by atomic mass is 35.5. The summed E-state index contributed by atoms with van der Waals surface area (Å²) in [4.78, 5) is 23.9. The maximum Gasteiger partial charge on any atom is 0.416 e. The molecule has 2 aromatic carbocycles. The molecule has 0 unspecified atom stereocenters. The first kappa shape index (κ1) is 18.8. The van der Waals surface area contributed by atoms with E-state index in [1.165, 1.54) is 0 Å². The lowest BCUT2D eigenvalue weighted by Gasteiger charge is -2.13. The summed E-state index contributed by atoms with van der Waals surface area (Å²) in [5.41, 5.74) is 0.856. The average molecular weight is 371 g/mol. The van der Waals surface area contributed by atoms with Crippen molar-refractivity contribution >= 4 is 34.8 Å². The molecule has 25 heavy (non-hydrogen) atoms. The van der Waals surface area contributed by atoms with E-state index in [1.54, 1.807) is 19.1 Å². The van der Waals surface area contributed by atoms with Gasteiger partial charge in [-0.25, -0.2) is 0 Å². The zero-order valence-corrected chi connectivity index (χ0v) is 14.0. The Balaban J connectivity index is 2.16. The topological polar surface area (TPSA) is 58.2 Å². The summed E-state index contributed by atoms with van der Waals surface area (Å²) < 4.78 is 38.2. The second-order valence-electron chi connectivity index (χ2n) is 5.35. The molecule has 2 rings (SSSR count). The van der Waals surface area contributed by atoms with Crippen molar-refractivity contribution in [3.8, 4) is 0 Å². The van der Waals surface area contributed by atoms with E-state index in [0.717, 1.165) is 23.3 Å². The zero-order valence-electron chi connectivity index (χ0n) is 13.3. The molecule has 0 aromatic heterocycles. The molecule has 0 aliphatic carbocycles. The Labute approximate surface area is 147 Å². The maximum absolute atomic E-state index is 12.7. The molecule has 0 saturated carbocycles. The van der Waals surface area contributed by atoms with Crippen LogP contribution in [-0.4, -0.2) is 11.8 Å². The summed E-state index contributed by atoms with van der Waals surface area (Å²) in [6.45, 7) is 3.61. The highest BCUT2D eigenvalue weighted by Crippen LogP contribution is 2.33. The second kappa shape index (κ2) is 7.14. The van der Waals surface area contributed by atoms with Crippen LogP contribution >= 0.6 is 11.6 Å². The van der Waals surface area contributed by atoms with Crippen molar-refractivity contribution < 1.29 is 22.8 Å². The Morgan fingerprint density at radius 1 is 0.960 bits per heavy atom. The molecular formula is C17H14ClF3N2O2. The van der Waals surface area contributed by atoms with Gasteiger partial charge in [-0.1, -0.05) is 23.7 Å². The number of carbonyl (C=O) groups excluding carboxylic acids is 2. The van der Waals surface area contributed by atoms with Crippen molar-refractivity contribution in [1.29, 1.82) is 0 Å². The molecule has 0 heterocycles. The molecule has 0 atom stereocenters. The fraction of sp³-hybridized carbons (Fsp3) is 0.176. The van der Waals surface area contributed by atoms with Crippen LogP contribution in [0.25, 0.3) is 0 Å². The van der Waals surface area contributed by atoms with Crippen LogP contribution in [0.5, 0.6) is 0 Å². The number of hydrogen-bond acceptors (Lipinski definition) is 2. The second-order valence-corrected chi connectivity index (χ2v) is 5.76. The highest BCUT2D eigenvalue weighted by molar-refractivity contribution is 6.44. The molecule has 2 amide bonds. The lowest BCUT2D eigenvalue weighted by atomic mass is 10.1. The normalized spacial score (nSPS) is 11.1. The van der Waals surface area contributed by atoms with Crippen LogP contribution in [0.15, 0.2) is 36.4 Å². The van der Waals surface area contributed by atoms with E-state index in [2.05, 4.69) is 10.6 Å². The van der Waals surface area contributed by atoms with E-state index in [-0.39, 0.29) is 10.7 Å². The lowest BCUT2D eigenvalue weighted by molar-refractivity contribution is -0.137. The lowest BCUT2D eigenvalue weighted by Crippen LogP contribution is -2.29. The van der Waals surface area contributed by atoms with E-state index in [1.807, 2.05) is 13.0 Å². The van der Waals surface area contributed by atoms with Gasteiger partial charge >= 0.3 is 18.0 Å². The number of rotatable bonds is 2. The van der Waals surface area contributed by atoms with Crippen molar-refractivity contribution in [2.45, 2.75) is 20.0 Å². The number of anilines is 2. The minimum Gasteiger partial charge on any atom is -0.318 e. The van der Waals surface area contributed by atoms with Gasteiger partial charge in [-0.15, -0.1) is 0 Å². The van der Waals surface area contributed by atoms with E-state index in [4.69, 9.17) is 11.6 Å². The molecule has 4 nitrogen and oxygen atoms in total. The van der Waals surface area contributed by atoms with Gasteiger partial charge in [0.1, 0.15) is 0 Å². The molecule has 0 fully saturated rings. The Morgan fingerprint density at radius 3 is 2.16 bits per heavy atom. The van der Waals surface area contributed by atoms with Gasteiger partial charge in [0.05, 0.1) is 16.3 Å². The first-order valence-electron chi connectivity index (χ1n) is 7.15. The number of halogens is 4. The number of hydrogen-bond donors (Lipinski definition) is 2. The van der Waals surface area contributed by atoms with Gasteiger partial charge in [-0.3, -0.25) is 9.59 Å². The average Bonchev–Trinajstić information content (AvgIpc) is 2.52. The van der Waals surface area contributed by atoms with Crippen molar-refractivity contribution in [2.24, 2.45) is 0 Å². The first-order chi connectivity index (χ1) is 11.6. The van der Waals surface area contributed by atoms with Crippen LogP contribution in [0.1, 0.15) is 16.7 Å². The van der Waals surface area contributed by atoms with Crippen LogP contribution in [0.4, 0.5) is 24.5 Å². The van der Waals surface area contributed by atoms with E-state index >= 15 is 0 Å². The van der Waals surface area contributed by atoms with Crippen LogP contribution < -0.4 is 10.6 Å². The maximum atomic E-state index is 12.7. The Kier molecular flexibility index (Phi) is 5.37. The third-order valence-corrected chi connectivity index (χ3v) is 3.93. The number of amides is 2. The Morgan fingerprint density at radius 2 is 1.56 bits per heavy atom. The number of aryl methyl sites for hydroxylation is 1. The van der Waals surface area contributed by atoms with Crippen LogP contribution in [0.3, 0.4) is 0 Å². The van der Waals surface area contributed by atoms with Crippen molar-refractivity contribution in [3.05, 3.63) is 58.1 Å². The molecular weight excluding hydrogens is 357 g/mol. The van der Waals surface area contributed by atoms with Gasteiger partial charge < -0.3 is 10.6 Å². The smallest absolute Gasteiger partial charge is 0.318 e. The van der Waals surface area contributed by atoms with Crippen LogP contribution in [-0.2, 0) is 15.8 Å². The molecule has 2 aromatic rings. The number of alkyl halides is 3. The van der Waals surface area contributed by atoms with Crippen molar-refractivity contribution in [3.63, 3.8) is 0 Å². The quantitative estimate of drug-likeness (QED) is 0.762. The predicted molar refractivity (Wildman–Crippen MR) is 89.6 cm³/mol. The fourth-order valence-corrected chi connectivity index (χ4v) is 2.21. The molecule has 0 bridgehead atoms. The van der Waals surface area contributed by atoms with Gasteiger partial charge in [-0.2, -0.15) is 13.2 Å². The highest BCUT2D eigenvalue weighted by Gasteiger charge is 2.31. The van der Waals surface area contributed by atoms with Gasteiger partial charge in [0.25, 0.3) is 0 Å². The third-order valence-electron chi connectivity index (χ3n) is 3.60. The Bertz CT molecular complexity index is 835. The number of carbonyl (C=O) groups is 2. The van der Waals surface area contributed by atoms with E-state index in [0.29, 0.717) is 11.8 Å². The molecule has 0 spiro atoms. The molecule has 8 heteroatoms. The minimum atomic E-state index is -4.59. The number of benzene rings is 2. The molecule has 0 aliphatic heterocycles. The molecule has 0 aliphatic rings. The SMILES string of the molecule is Cc1cccc(NC(=O)C(=O)Nc2cc(C(F)(F)F)ccc2Cl)c1C. The summed E-state index contributed by atoms with van der Waals surface area (Å²) in [6, 6.07) is 7.62. The standard InChI is InChI=1S/C17H14ClF3N2O2/c1-9-4-3-5-13(10(9)2)22-15(24)16(25)23-14-8-11(17(19,20)21)6-7-12(14)18/h3-8H,1-2H3,(H,22,24)(H,23,25). The molecule has 0 saturated heterocycles. The van der Waals surface area contributed by atoms with Gasteiger partial charge in [0, 0.05) is 5.69 Å². The first-order valence-corrected chi connectivity index (χ1v) is 7.52. The van der Waals surface area contributed by atoms with Crippen LogP contribution in [0.2, 0.25) is 5.02 Å². The van der Waals surface area contributed by atoms with Crippen molar-refractivity contribution in [1.82, 2.24) is 0 Å². The summed E-state index contributed by atoms with van der Waals surface area (Å²) in [7, 11) is 0. The van der Waals surface area contributed by atoms with Gasteiger partial charge in [0.15, 0.2) is 0 Å². The largest absolute Gasteiger partial charge is 0.416 e. The molecule has 0 radical (unpaired) electrons. The Hall–Kier alpha value is -2.54. The van der Waals surface area contributed by atoms with E-state index in [9.17, 15) is 22.8 Å². The zero-order chi connectivity index (χ0) is 18.8. The summed E-state index contributed by atoms with van der Waals surface area (Å²) in [5, 5.41) is 4.40. The molecule has 132 valence electrons. The van der Waals surface area contributed by atoms with E-state index < -0.39 is 23.6 Å². The fourth-order valence-electron chi connectivity index (χ4n) is 2.04. The third kappa shape index (κ3) is 4.51. The summed E-state index contributed by atoms with van der Waals surface area (Å²) in [6.07, 6.45) is -4.59. The summed E-state index contributed by atoms with van der Waals surface area (Å²) in [5.74, 6) is -2.13. The van der Waals surface area contributed by atoms with Crippen molar-refractivity contribution in [2.75, 3.05) is 10.6 Å². The number of nitrogens with one attached hydrogen (secondary N) is 2.